The molecule has 112 valence electrons. The van der Waals surface area contributed by atoms with E-state index in [2.05, 4.69) is 5.32 Å². The third-order valence-corrected chi connectivity index (χ3v) is 3.27. The largest absolute Gasteiger partial charge is 0.481 e. The highest BCUT2D eigenvalue weighted by molar-refractivity contribution is 5.91. The van der Waals surface area contributed by atoms with Crippen LogP contribution in [-0.2, 0) is 11.3 Å². The molecule has 4 N–H and O–H groups in total. The van der Waals surface area contributed by atoms with Gasteiger partial charge in [0, 0.05) is 13.0 Å². The van der Waals surface area contributed by atoms with E-state index >= 15 is 0 Å². The summed E-state index contributed by atoms with van der Waals surface area (Å²) in [6.45, 7) is 2.80. The van der Waals surface area contributed by atoms with Gasteiger partial charge in [-0.1, -0.05) is 13.3 Å². The molecule has 0 aromatic carbocycles. The van der Waals surface area contributed by atoms with Gasteiger partial charge in [-0.15, -0.1) is 0 Å². The van der Waals surface area contributed by atoms with Crippen molar-refractivity contribution in [1.29, 1.82) is 0 Å². The minimum atomic E-state index is -0.780. The summed E-state index contributed by atoms with van der Waals surface area (Å²) in [7, 11) is 0. The number of rotatable bonds is 9. The molecule has 0 saturated heterocycles. The van der Waals surface area contributed by atoms with Gasteiger partial charge >= 0.3 is 5.97 Å². The molecule has 1 rings (SSSR count). The number of hydrogen-bond donors (Lipinski definition) is 3. The predicted molar refractivity (Wildman–Crippen MR) is 74.2 cm³/mol. The van der Waals surface area contributed by atoms with E-state index in [1.54, 1.807) is 12.1 Å². The fourth-order valence-electron chi connectivity index (χ4n) is 1.97. The SMILES string of the molecule is CCC(CCNC(=O)c1ccc(CN)o1)CCC(=O)O. The summed E-state index contributed by atoms with van der Waals surface area (Å²) >= 11 is 0. The zero-order valence-electron chi connectivity index (χ0n) is 11.7. The second-order valence-electron chi connectivity index (χ2n) is 4.72. The van der Waals surface area contributed by atoms with Gasteiger partial charge in [-0.2, -0.15) is 0 Å². The first kappa shape index (κ1) is 16.2. The van der Waals surface area contributed by atoms with Gasteiger partial charge in [0.15, 0.2) is 5.76 Å². The minimum absolute atomic E-state index is 0.171. The summed E-state index contributed by atoms with van der Waals surface area (Å²) in [5.41, 5.74) is 5.41. The molecule has 1 amide bonds. The molecule has 1 atom stereocenters. The molecule has 0 saturated carbocycles. The van der Waals surface area contributed by atoms with Gasteiger partial charge in [-0.05, 0) is 30.9 Å². The van der Waals surface area contributed by atoms with E-state index in [4.69, 9.17) is 15.3 Å². The van der Waals surface area contributed by atoms with E-state index in [1.165, 1.54) is 0 Å². The third-order valence-electron chi connectivity index (χ3n) is 3.27. The van der Waals surface area contributed by atoms with Crippen molar-refractivity contribution in [3.05, 3.63) is 23.7 Å². The molecule has 1 aromatic heterocycles. The second kappa shape index (κ2) is 8.37. The van der Waals surface area contributed by atoms with Crippen molar-refractivity contribution in [2.75, 3.05) is 6.54 Å². The number of carbonyl (C=O) groups excluding carboxylic acids is 1. The van der Waals surface area contributed by atoms with Gasteiger partial charge in [0.25, 0.3) is 5.91 Å². The Morgan fingerprint density at radius 2 is 2.15 bits per heavy atom. The third kappa shape index (κ3) is 5.44. The van der Waals surface area contributed by atoms with Crippen LogP contribution in [0.2, 0.25) is 0 Å². The number of hydrogen-bond acceptors (Lipinski definition) is 4. The van der Waals surface area contributed by atoms with Gasteiger partial charge in [0.1, 0.15) is 5.76 Å². The van der Waals surface area contributed by atoms with Crippen molar-refractivity contribution < 1.29 is 19.1 Å². The van der Waals surface area contributed by atoms with Crippen LogP contribution in [-0.4, -0.2) is 23.5 Å². The molecule has 1 unspecified atom stereocenters. The standard InChI is InChI=1S/C14H22N2O4/c1-2-10(3-6-13(17)18)7-8-16-14(19)12-5-4-11(9-15)20-12/h4-5,10H,2-3,6-9,15H2,1H3,(H,16,19)(H,17,18). The molecular weight excluding hydrogens is 260 g/mol. The second-order valence-corrected chi connectivity index (χ2v) is 4.72. The van der Waals surface area contributed by atoms with Crippen LogP contribution in [0.4, 0.5) is 0 Å². The number of nitrogens with one attached hydrogen (secondary N) is 1. The summed E-state index contributed by atoms with van der Waals surface area (Å²) in [4.78, 5) is 22.3. The number of amides is 1. The number of carbonyl (C=O) groups is 2. The van der Waals surface area contributed by atoms with Crippen molar-refractivity contribution in [2.24, 2.45) is 11.7 Å². The van der Waals surface area contributed by atoms with Gasteiger partial charge < -0.3 is 20.6 Å². The van der Waals surface area contributed by atoms with E-state index < -0.39 is 5.97 Å². The van der Waals surface area contributed by atoms with Crippen LogP contribution in [0.5, 0.6) is 0 Å². The van der Waals surface area contributed by atoms with Crippen molar-refractivity contribution in [2.45, 2.75) is 39.2 Å². The molecule has 20 heavy (non-hydrogen) atoms. The topological polar surface area (TPSA) is 106 Å². The molecule has 0 aliphatic carbocycles. The molecule has 0 bridgehead atoms. The quantitative estimate of drug-likeness (QED) is 0.640. The molecule has 0 aliphatic heterocycles. The van der Waals surface area contributed by atoms with E-state index in [0.29, 0.717) is 24.6 Å². The zero-order chi connectivity index (χ0) is 15.0. The highest BCUT2D eigenvalue weighted by Gasteiger charge is 2.12. The van der Waals surface area contributed by atoms with Gasteiger partial charge in [-0.25, -0.2) is 0 Å². The monoisotopic (exact) mass is 282 g/mol. The molecular formula is C14H22N2O4. The summed E-state index contributed by atoms with van der Waals surface area (Å²) in [5.74, 6) is 0.0878. The number of aliphatic carboxylic acids is 1. The van der Waals surface area contributed by atoms with E-state index in [0.717, 1.165) is 12.8 Å². The maximum Gasteiger partial charge on any atom is 0.303 e. The zero-order valence-corrected chi connectivity index (χ0v) is 11.7. The van der Waals surface area contributed by atoms with Crippen LogP contribution in [0.1, 0.15) is 48.9 Å². The van der Waals surface area contributed by atoms with E-state index in [-0.39, 0.29) is 24.6 Å². The van der Waals surface area contributed by atoms with Crippen molar-refractivity contribution in [3.63, 3.8) is 0 Å². The van der Waals surface area contributed by atoms with Crippen LogP contribution >= 0.6 is 0 Å². The Labute approximate surface area is 118 Å². The lowest BCUT2D eigenvalue weighted by atomic mass is 9.97. The van der Waals surface area contributed by atoms with Gasteiger partial charge in [0.05, 0.1) is 6.54 Å². The Bertz CT molecular complexity index is 442. The molecule has 6 nitrogen and oxygen atoms in total. The molecule has 0 spiro atoms. The summed E-state index contributed by atoms with van der Waals surface area (Å²) in [5, 5.41) is 11.4. The molecule has 0 aliphatic rings. The highest BCUT2D eigenvalue weighted by atomic mass is 16.4. The van der Waals surface area contributed by atoms with Crippen LogP contribution in [0.25, 0.3) is 0 Å². The maximum absolute atomic E-state index is 11.8. The van der Waals surface area contributed by atoms with Crippen molar-refractivity contribution in [3.8, 4) is 0 Å². The summed E-state index contributed by atoms with van der Waals surface area (Å²) in [6.07, 6.45) is 2.48. The van der Waals surface area contributed by atoms with Crippen molar-refractivity contribution >= 4 is 11.9 Å². The number of nitrogens with two attached hydrogens (primary N) is 1. The molecule has 1 aromatic rings. The summed E-state index contributed by atoms with van der Waals surface area (Å²) < 4.78 is 5.24. The fourth-order valence-corrected chi connectivity index (χ4v) is 1.97. The Hall–Kier alpha value is -1.82. The Morgan fingerprint density at radius 1 is 1.40 bits per heavy atom. The van der Waals surface area contributed by atoms with Gasteiger partial charge in [-0.3, -0.25) is 9.59 Å². The molecule has 6 heteroatoms. The average Bonchev–Trinajstić information content (AvgIpc) is 2.91. The minimum Gasteiger partial charge on any atom is -0.481 e. The first-order valence-electron chi connectivity index (χ1n) is 6.85. The Morgan fingerprint density at radius 3 is 2.70 bits per heavy atom. The average molecular weight is 282 g/mol. The molecule has 1 heterocycles. The Kier molecular flexibility index (Phi) is 6.79. The predicted octanol–water partition coefficient (Wildman–Crippen LogP) is 1.75. The highest BCUT2D eigenvalue weighted by Crippen LogP contribution is 2.15. The van der Waals surface area contributed by atoms with Crippen LogP contribution < -0.4 is 11.1 Å². The van der Waals surface area contributed by atoms with Crippen molar-refractivity contribution in [1.82, 2.24) is 5.32 Å². The lowest BCUT2D eigenvalue weighted by molar-refractivity contribution is -0.137. The number of carboxylic acid groups (broad SMARTS) is 1. The van der Waals surface area contributed by atoms with Gasteiger partial charge in [0.2, 0.25) is 0 Å². The fraction of sp³-hybridized carbons (Fsp3) is 0.571. The smallest absolute Gasteiger partial charge is 0.303 e. The maximum atomic E-state index is 11.8. The lowest BCUT2D eigenvalue weighted by Crippen LogP contribution is -2.25. The number of furan rings is 1. The Balaban J connectivity index is 2.31. The number of carboxylic acids is 1. The van der Waals surface area contributed by atoms with Crippen LogP contribution in [0.3, 0.4) is 0 Å². The van der Waals surface area contributed by atoms with Crippen LogP contribution in [0.15, 0.2) is 16.5 Å². The normalized spacial score (nSPS) is 12.1. The summed E-state index contributed by atoms with van der Waals surface area (Å²) in [6, 6.07) is 3.27. The van der Waals surface area contributed by atoms with E-state index in [1.807, 2.05) is 6.92 Å². The molecule has 0 radical (unpaired) electrons. The first-order chi connectivity index (χ1) is 9.56. The molecule has 0 fully saturated rings. The van der Waals surface area contributed by atoms with E-state index in [9.17, 15) is 9.59 Å². The van der Waals surface area contributed by atoms with Crippen LogP contribution in [0, 0.1) is 5.92 Å². The lowest BCUT2D eigenvalue weighted by Gasteiger charge is -2.13. The first-order valence-corrected chi connectivity index (χ1v) is 6.85.